The number of benzene rings is 1. The van der Waals surface area contributed by atoms with Crippen LogP contribution in [0.15, 0.2) is 43.0 Å². The average molecular weight is 466 g/mol. The first kappa shape index (κ1) is 23.7. The van der Waals surface area contributed by atoms with Gasteiger partial charge in [0.15, 0.2) is 23.9 Å². The van der Waals surface area contributed by atoms with Crippen molar-refractivity contribution in [1.82, 2.24) is 24.4 Å². The molecular weight excluding hydrogens is 434 g/mol. The number of piperidine rings is 1. The minimum absolute atomic E-state index is 0.391. The zero-order chi connectivity index (χ0) is 23.9. The van der Waals surface area contributed by atoms with Gasteiger partial charge in [0.1, 0.15) is 5.69 Å². The van der Waals surface area contributed by atoms with Gasteiger partial charge in [-0.25, -0.2) is 14.8 Å². The van der Waals surface area contributed by atoms with Crippen molar-refractivity contribution >= 4 is 5.97 Å². The molecule has 0 amide bonds. The van der Waals surface area contributed by atoms with Crippen LogP contribution < -0.4 is 9.47 Å². The summed E-state index contributed by atoms with van der Waals surface area (Å²) in [7, 11) is 1.96. The van der Waals surface area contributed by atoms with Crippen LogP contribution in [-0.4, -0.2) is 61.8 Å². The first-order valence-corrected chi connectivity index (χ1v) is 11.6. The highest BCUT2D eigenvalue weighted by Gasteiger charge is 2.22. The quantitative estimate of drug-likeness (QED) is 0.487. The van der Waals surface area contributed by atoms with Crippen LogP contribution in [0.5, 0.6) is 11.5 Å². The maximum absolute atomic E-state index is 10.8. The molecule has 4 rings (SSSR count). The number of likely N-dealkylation sites (tertiary alicyclic amines) is 1. The third-order valence-corrected chi connectivity index (χ3v) is 5.90. The number of carboxylic acid groups (broad SMARTS) is 1. The van der Waals surface area contributed by atoms with Gasteiger partial charge in [-0.2, -0.15) is 0 Å². The van der Waals surface area contributed by atoms with Crippen LogP contribution in [-0.2, 0) is 24.8 Å². The molecule has 1 aromatic carbocycles. The van der Waals surface area contributed by atoms with Crippen LogP contribution >= 0.6 is 0 Å². The Labute approximate surface area is 199 Å². The maximum atomic E-state index is 10.8. The van der Waals surface area contributed by atoms with Crippen molar-refractivity contribution in [2.24, 2.45) is 13.0 Å². The van der Waals surface area contributed by atoms with Crippen molar-refractivity contribution in [3.63, 3.8) is 0 Å². The van der Waals surface area contributed by atoms with Crippen molar-refractivity contribution in [2.45, 2.75) is 32.7 Å². The molecule has 1 saturated heterocycles. The van der Waals surface area contributed by atoms with E-state index in [1.807, 2.05) is 43.1 Å². The number of hydrogen-bond acceptors (Lipinski definition) is 7. The molecule has 0 saturated carbocycles. The molecule has 0 bridgehead atoms. The molecule has 1 N–H and O–H groups in total. The summed E-state index contributed by atoms with van der Waals surface area (Å²) >= 11 is 0. The van der Waals surface area contributed by atoms with Crippen LogP contribution in [0.1, 0.15) is 31.0 Å². The number of hydrogen-bond donors (Lipinski definition) is 1. The lowest BCUT2D eigenvalue weighted by Gasteiger charge is -2.32. The maximum Gasteiger partial charge on any atom is 0.341 e. The lowest BCUT2D eigenvalue weighted by atomic mass is 9.93. The molecule has 0 unspecified atom stereocenters. The molecule has 9 heteroatoms. The predicted octanol–water partition coefficient (Wildman–Crippen LogP) is 3.19. The smallest absolute Gasteiger partial charge is 0.341 e. The number of ether oxygens (including phenoxy) is 2. The highest BCUT2D eigenvalue weighted by atomic mass is 16.5. The summed E-state index contributed by atoms with van der Waals surface area (Å²) in [6, 6.07) is 5.72. The second-order valence-electron chi connectivity index (χ2n) is 8.60. The number of carboxylic acids is 1. The SMILES string of the molecule is CCOc1cc(CN2CCC[C@H](Cc3cncc(-c4nccn4C)n3)C2)ccc1OCC(=O)O. The summed E-state index contributed by atoms with van der Waals surface area (Å²) < 4.78 is 13.0. The van der Waals surface area contributed by atoms with Crippen molar-refractivity contribution in [2.75, 3.05) is 26.3 Å². The van der Waals surface area contributed by atoms with Gasteiger partial charge in [-0.3, -0.25) is 9.88 Å². The Morgan fingerprint density at radius 1 is 1.24 bits per heavy atom. The molecule has 3 heterocycles. The third kappa shape index (κ3) is 6.11. The zero-order valence-electron chi connectivity index (χ0n) is 19.7. The fourth-order valence-corrected chi connectivity index (χ4v) is 4.42. The first-order valence-electron chi connectivity index (χ1n) is 11.6. The molecule has 3 aromatic rings. The Hall–Kier alpha value is -3.46. The Kier molecular flexibility index (Phi) is 7.74. The van der Waals surface area contributed by atoms with Gasteiger partial charge in [-0.15, -0.1) is 0 Å². The number of aliphatic carboxylic acids is 1. The van der Waals surface area contributed by atoms with E-state index in [1.165, 1.54) is 0 Å². The topological polar surface area (TPSA) is 103 Å². The lowest BCUT2D eigenvalue weighted by Crippen LogP contribution is -2.35. The minimum Gasteiger partial charge on any atom is -0.490 e. The molecule has 34 heavy (non-hydrogen) atoms. The zero-order valence-corrected chi connectivity index (χ0v) is 19.7. The van der Waals surface area contributed by atoms with Gasteiger partial charge >= 0.3 is 5.97 Å². The molecule has 0 spiro atoms. The summed E-state index contributed by atoms with van der Waals surface area (Å²) in [6.07, 6.45) is 10.5. The van der Waals surface area contributed by atoms with E-state index in [9.17, 15) is 4.79 Å². The molecule has 0 aliphatic carbocycles. The molecule has 1 aliphatic rings. The van der Waals surface area contributed by atoms with E-state index in [0.29, 0.717) is 24.0 Å². The minimum atomic E-state index is -1.01. The molecule has 1 aliphatic heterocycles. The van der Waals surface area contributed by atoms with Gasteiger partial charge in [0, 0.05) is 38.7 Å². The predicted molar refractivity (Wildman–Crippen MR) is 127 cm³/mol. The number of nitrogens with zero attached hydrogens (tertiary/aromatic N) is 5. The summed E-state index contributed by atoms with van der Waals surface area (Å²) in [5.74, 6) is 1.35. The Bertz CT molecular complexity index is 1120. The number of carbonyl (C=O) groups is 1. The van der Waals surface area contributed by atoms with Crippen LogP contribution in [0.25, 0.3) is 11.5 Å². The Morgan fingerprint density at radius 2 is 2.12 bits per heavy atom. The lowest BCUT2D eigenvalue weighted by molar-refractivity contribution is -0.139. The number of rotatable bonds is 10. The van der Waals surface area contributed by atoms with Crippen molar-refractivity contribution in [3.8, 4) is 23.0 Å². The molecule has 180 valence electrons. The van der Waals surface area contributed by atoms with E-state index in [2.05, 4.69) is 14.9 Å². The van der Waals surface area contributed by atoms with Gasteiger partial charge in [0.25, 0.3) is 0 Å². The van der Waals surface area contributed by atoms with E-state index >= 15 is 0 Å². The van der Waals surface area contributed by atoms with Crippen molar-refractivity contribution in [3.05, 3.63) is 54.2 Å². The van der Waals surface area contributed by atoms with Gasteiger partial charge in [0.2, 0.25) is 0 Å². The average Bonchev–Trinajstić information content (AvgIpc) is 3.25. The van der Waals surface area contributed by atoms with Crippen LogP contribution in [0.3, 0.4) is 0 Å². The molecule has 2 aromatic heterocycles. The molecule has 1 fully saturated rings. The molecule has 1 atom stereocenters. The summed E-state index contributed by atoms with van der Waals surface area (Å²) in [4.78, 5) is 26.9. The normalized spacial score (nSPS) is 16.4. The largest absolute Gasteiger partial charge is 0.490 e. The van der Waals surface area contributed by atoms with E-state index in [-0.39, 0.29) is 0 Å². The summed E-state index contributed by atoms with van der Waals surface area (Å²) in [6.45, 7) is 4.81. The molecular formula is C25H31N5O4. The Balaban J connectivity index is 1.39. The second kappa shape index (κ2) is 11.1. The Morgan fingerprint density at radius 3 is 2.88 bits per heavy atom. The monoisotopic (exact) mass is 465 g/mol. The molecule has 9 nitrogen and oxygen atoms in total. The van der Waals surface area contributed by atoms with Crippen molar-refractivity contribution in [1.29, 1.82) is 0 Å². The van der Waals surface area contributed by atoms with Crippen LogP contribution in [0.2, 0.25) is 0 Å². The standard InChI is InChI=1S/C25H31N5O4/c1-3-33-23-12-19(6-7-22(23)34-17-24(31)32)16-30-9-4-5-18(15-30)11-20-13-26-14-21(28-20)25-27-8-10-29(25)2/h6-8,10,12-14,18H,3-5,9,11,15-17H2,1-2H3,(H,31,32)/t18-/m1/s1. The highest BCUT2D eigenvalue weighted by molar-refractivity contribution is 5.68. The fraction of sp³-hybridized carbons (Fsp3) is 0.440. The van der Waals surface area contributed by atoms with Crippen LogP contribution in [0, 0.1) is 5.92 Å². The van der Waals surface area contributed by atoms with E-state index < -0.39 is 12.6 Å². The third-order valence-electron chi connectivity index (χ3n) is 5.90. The van der Waals surface area contributed by atoms with Gasteiger partial charge in [0.05, 0.1) is 18.5 Å². The highest BCUT2D eigenvalue weighted by Crippen LogP contribution is 2.30. The van der Waals surface area contributed by atoms with Gasteiger partial charge < -0.3 is 19.1 Å². The summed E-state index contributed by atoms with van der Waals surface area (Å²) in [5, 5.41) is 8.89. The van der Waals surface area contributed by atoms with Crippen LogP contribution in [0.4, 0.5) is 0 Å². The van der Waals surface area contributed by atoms with E-state index in [0.717, 1.165) is 61.7 Å². The second-order valence-corrected chi connectivity index (χ2v) is 8.60. The molecule has 0 radical (unpaired) electrons. The van der Waals surface area contributed by atoms with Gasteiger partial charge in [-0.05, 0) is 56.3 Å². The van der Waals surface area contributed by atoms with Crippen molar-refractivity contribution < 1.29 is 19.4 Å². The first-order chi connectivity index (χ1) is 16.5. The van der Waals surface area contributed by atoms with E-state index in [4.69, 9.17) is 19.6 Å². The number of aryl methyl sites for hydroxylation is 1. The fourth-order valence-electron chi connectivity index (χ4n) is 4.42. The summed E-state index contributed by atoms with van der Waals surface area (Å²) in [5.41, 5.74) is 2.90. The van der Waals surface area contributed by atoms with E-state index in [1.54, 1.807) is 18.5 Å². The number of aromatic nitrogens is 4. The number of imidazole rings is 1. The van der Waals surface area contributed by atoms with Gasteiger partial charge in [-0.1, -0.05) is 6.07 Å².